The second-order valence-corrected chi connectivity index (χ2v) is 8.59. The van der Waals surface area contributed by atoms with E-state index in [2.05, 4.69) is 43.4 Å². The summed E-state index contributed by atoms with van der Waals surface area (Å²) in [5.41, 5.74) is 6.05. The molecule has 2 amide bonds. The van der Waals surface area contributed by atoms with Gasteiger partial charge in [0.25, 0.3) is 0 Å². The van der Waals surface area contributed by atoms with E-state index in [4.69, 9.17) is 0 Å². The Morgan fingerprint density at radius 1 is 1.11 bits per heavy atom. The first kappa shape index (κ1) is 18.8. The molecule has 2 heterocycles. The van der Waals surface area contributed by atoms with E-state index in [0.717, 1.165) is 30.6 Å². The smallest absolute Gasteiger partial charge is 0.312 e. The highest BCUT2D eigenvalue weighted by Crippen LogP contribution is 2.43. The van der Waals surface area contributed by atoms with E-state index in [-0.39, 0.29) is 12.1 Å². The number of urea groups is 1. The summed E-state index contributed by atoms with van der Waals surface area (Å²) in [5.74, 6) is 0. The van der Waals surface area contributed by atoms with E-state index in [1.165, 1.54) is 26.4 Å². The van der Waals surface area contributed by atoms with Crippen LogP contribution in [0.1, 0.15) is 45.0 Å². The normalized spacial score (nSPS) is 16.0. The molecule has 0 saturated heterocycles. The fraction of sp³-hybridized carbons (Fsp3) is 0.292. The lowest BCUT2D eigenvalue weighted by atomic mass is 9.92. The Kier molecular flexibility index (Phi) is 5.23. The zero-order valence-electron chi connectivity index (χ0n) is 16.7. The number of aryl methyl sites for hydroxylation is 2. The number of hydrogen-bond donors (Lipinski definition) is 1. The average Bonchev–Trinajstić information content (AvgIpc) is 3.04. The molecule has 3 aromatic rings. The molecule has 144 valence electrons. The van der Waals surface area contributed by atoms with E-state index in [9.17, 15) is 4.79 Å². The Morgan fingerprint density at radius 3 is 2.54 bits per heavy atom. The largest absolute Gasteiger partial charge is 0.322 e. The number of carbonyl (C=O) groups is 1. The number of hydrogen-bond acceptors (Lipinski definition) is 2. The minimum absolute atomic E-state index is 0.0297. The number of benzene rings is 2. The van der Waals surface area contributed by atoms with Gasteiger partial charge in [-0.1, -0.05) is 55.5 Å². The Bertz CT molecular complexity index is 993. The van der Waals surface area contributed by atoms with Crippen LogP contribution in [0.5, 0.6) is 0 Å². The van der Waals surface area contributed by atoms with Crippen LogP contribution in [0.2, 0.25) is 0 Å². The predicted molar refractivity (Wildman–Crippen MR) is 117 cm³/mol. The maximum absolute atomic E-state index is 13.3. The van der Waals surface area contributed by atoms with Crippen LogP contribution >= 0.6 is 11.3 Å². The molecule has 0 spiro atoms. The lowest BCUT2D eigenvalue weighted by Gasteiger charge is -2.36. The summed E-state index contributed by atoms with van der Waals surface area (Å²) in [6, 6.07) is 18.3. The van der Waals surface area contributed by atoms with Gasteiger partial charge < -0.3 is 10.2 Å². The minimum atomic E-state index is -0.0297. The quantitative estimate of drug-likeness (QED) is 0.575. The predicted octanol–water partition coefficient (Wildman–Crippen LogP) is 6.11. The monoisotopic (exact) mass is 390 g/mol. The van der Waals surface area contributed by atoms with Crippen molar-refractivity contribution in [1.29, 1.82) is 0 Å². The van der Waals surface area contributed by atoms with Crippen molar-refractivity contribution in [2.24, 2.45) is 0 Å². The number of carbonyl (C=O) groups excluding carboxylic acids is 1. The van der Waals surface area contributed by atoms with Gasteiger partial charge in [-0.25, -0.2) is 4.79 Å². The molecule has 1 aromatic heterocycles. The number of amides is 2. The maximum atomic E-state index is 13.3. The Balaban J connectivity index is 1.74. The Morgan fingerprint density at radius 2 is 1.82 bits per heavy atom. The second kappa shape index (κ2) is 7.80. The highest BCUT2D eigenvalue weighted by Gasteiger charge is 2.35. The zero-order chi connectivity index (χ0) is 19.7. The maximum Gasteiger partial charge on any atom is 0.322 e. The molecule has 1 aliphatic heterocycles. The van der Waals surface area contributed by atoms with Crippen LogP contribution in [-0.2, 0) is 12.8 Å². The molecule has 2 aromatic carbocycles. The van der Waals surface area contributed by atoms with E-state index >= 15 is 0 Å². The van der Waals surface area contributed by atoms with E-state index in [1.54, 1.807) is 0 Å². The number of anilines is 1. The van der Waals surface area contributed by atoms with Crippen molar-refractivity contribution < 1.29 is 4.79 Å². The molecule has 4 rings (SSSR count). The van der Waals surface area contributed by atoms with E-state index in [1.807, 2.05) is 53.5 Å². The van der Waals surface area contributed by atoms with Crippen molar-refractivity contribution in [2.45, 2.75) is 39.7 Å². The third kappa shape index (κ3) is 3.33. The number of para-hydroxylation sites is 1. The van der Waals surface area contributed by atoms with Crippen LogP contribution in [0, 0.1) is 13.8 Å². The Labute approximate surface area is 171 Å². The van der Waals surface area contributed by atoms with Crippen molar-refractivity contribution in [3.05, 3.63) is 86.6 Å². The van der Waals surface area contributed by atoms with E-state index in [0.29, 0.717) is 0 Å². The van der Waals surface area contributed by atoms with Gasteiger partial charge in [0, 0.05) is 22.0 Å². The second-order valence-electron chi connectivity index (χ2n) is 7.33. The van der Waals surface area contributed by atoms with Crippen molar-refractivity contribution in [2.75, 3.05) is 11.9 Å². The fourth-order valence-corrected chi connectivity index (χ4v) is 5.64. The number of fused-ring (bicyclic) bond motifs is 1. The van der Waals surface area contributed by atoms with Crippen LogP contribution in [0.3, 0.4) is 0 Å². The lowest BCUT2D eigenvalue weighted by molar-refractivity contribution is 0.195. The first-order chi connectivity index (χ1) is 13.6. The van der Waals surface area contributed by atoms with Gasteiger partial charge in [-0.15, -0.1) is 11.3 Å². The summed E-state index contributed by atoms with van der Waals surface area (Å²) in [6.07, 6.45) is 1.97. The third-order valence-electron chi connectivity index (χ3n) is 5.63. The van der Waals surface area contributed by atoms with E-state index < -0.39 is 0 Å². The molecule has 1 aliphatic rings. The minimum Gasteiger partial charge on any atom is -0.312 e. The summed E-state index contributed by atoms with van der Waals surface area (Å²) >= 11 is 1.85. The Hall–Kier alpha value is -2.59. The summed E-state index contributed by atoms with van der Waals surface area (Å²) in [5, 5.41) is 3.14. The molecule has 0 bridgehead atoms. The standard InChI is InChI=1S/C24H26N2OS/c1-4-19-17(3)28-23-20(19)14-15-26(22(23)18-11-6-5-7-12-18)24(27)25-21-13-9-8-10-16(21)2/h5-13,22H,4,14-15H2,1-3H3,(H,25,27)/t22-/m1/s1. The molecule has 0 radical (unpaired) electrons. The van der Waals surface area contributed by atoms with Crippen molar-refractivity contribution >= 4 is 23.1 Å². The fourth-order valence-electron chi connectivity index (χ4n) is 4.20. The number of nitrogens with one attached hydrogen (secondary N) is 1. The molecule has 1 atom stereocenters. The van der Waals surface area contributed by atoms with Gasteiger partial charge in [0.15, 0.2) is 0 Å². The van der Waals surface area contributed by atoms with Crippen LogP contribution in [0.25, 0.3) is 0 Å². The number of nitrogens with zero attached hydrogens (tertiary/aromatic N) is 1. The molecular weight excluding hydrogens is 364 g/mol. The van der Waals surface area contributed by atoms with Gasteiger partial charge in [-0.05, 0) is 55.0 Å². The van der Waals surface area contributed by atoms with Gasteiger partial charge in [0.2, 0.25) is 0 Å². The van der Waals surface area contributed by atoms with Gasteiger partial charge in [-0.3, -0.25) is 0 Å². The van der Waals surface area contributed by atoms with Gasteiger partial charge in [0.1, 0.15) is 0 Å². The molecule has 1 N–H and O–H groups in total. The van der Waals surface area contributed by atoms with Gasteiger partial charge >= 0.3 is 6.03 Å². The molecule has 0 aliphatic carbocycles. The summed E-state index contributed by atoms with van der Waals surface area (Å²) in [4.78, 5) is 18.0. The summed E-state index contributed by atoms with van der Waals surface area (Å²) in [7, 11) is 0. The molecular formula is C24H26N2OS. The van der Waals surface area contributed by atoms with Gasteiger partial charge in [0.05, 0.1) is 6.04 Å². The summed E-state index contributed by atoms with van der Waals surface area (Å²) < 4.78 is 0. The summed E-state index contributed by atoms with van der Waals surface area (Å²) in [6.45, 7) is 7.19. The number of thiophene rings is 1. The zero-order valence-corrected chi connectivity index (χ0v) is 17.5. The molecule has 0 fully saturated rings. The number of rotatable bonds is 3. The molecule has 0 saturated carbocycles. The lowest BCUT2D eigenvalue weighted by Crippen LogP contribution is -2.42. The van der Waals surface area contributed by atoms with Crippen molar-refractivity contribution in [3.63, 3.8) is 0 Å². The molecule has 3 nitrogen and oxygen atoms in total. The highest BCUT2D eigenvalue weighted by molar-refractivity contribution is 7.12. The SMILES string of the molecule is CCc1c(C)sc2c1CCN(C(=O)Nc1ccccc1C)[C@@H]2c1ccccc1. The third-order valence-corrected chi connectivity index (χ3v) is 6.87. The van der Waals surface area contributed by atoms with Crippen molar-refractivity contribution in [1.82, 2.24) is 4.90 Å². The first-order valence-electron chi connectivity index (χ1n) is 9.89. The topological polar surface area (TPSA) is 32.3 Å². The van der Waals surface area contributed by atoms with Crippen LogP contribution in [-0.4, -0.2) is 17.5 Å². The highest BCUT2D eigenvalue weighted by atomic mass is 32.1. The average molecular weight is 391 g/mol. The van der Waals surface area contributed by atoms with Crippen molar-refractivity contribution in [3.8, 4) is 0 Å². The van der Waals surface area contributed by atoms with Crippen LogP contribution < -0.4 is 5.32 Å². The molecule has 0 unspecified atom stereocenters. The first-order valence-corrected chi connectivity index (χ1v) is 10.7. The molecule has 4 heteroatoms. The van der Waals surface area contributed by atoms with Crippen LogP contribution in [0.4, 0.5) is 10.5 Å². The van der Waals surface area contributed by atoms with Crippen LogP contribution in [0.15, 0.2) is 54.6 Å². The molecule has 28 heavy (non-hydrogen) atoms. The van der Waals surface area contributed by atoms with Gasteiger partial charge in [-0.2, -0.15) is 0 Å².